The Hall–Kier alpha value is -3.14. The first-order valence-corrected chi connectivity index (χ1v) is 8.27. The van der Waals surface area contributed by atoms with Crippen molar-refractivity contribution in [1.29, 1.82) is 0 Å². The molecule has 1 N–H and O–H groups in total. The van der Waals surface area contributed by atoms with Crippen LogP contribution in [0.5, 0.6) is 5.75 Å². The van der Waals surface area contributed by atoms with Gasteiger partial charge >= 0.3 is 0 Å². The van der Waals surface area contributed by atoms with Gasteiger partial charge in [-0.1, -0.05) is 60.7 Å². The number of fused-ring (bicyclic) bond motifs is 1. The van der Waals surface area contributed by atoms with Crippen molar-refractivity contribution in [1.82, 2.24) is 5.43 Å². The molecule has 126 valence electrons. The second-order valence-corrected chi connectivity index (χ2v) is 5.67. The van der Waals surface area contributed by atoms with Crippen LogP contribution in [0.25, 0.3) is 10.8 Å². The molecule has 0 unspecified atom stereocenters. The highest BCUT2D eigenvalue weighted by Crippen LogP contribution is 2.20. The number of benzene rings is 3. The van der Waals surface area contributed by atoms with E-state index in [4.69, 9.17) is 4.74 Å². The molecule has 4 heteroatoms. The SMILES string of the molecule is O=C(COc1ccc2ccccc2c1)NN=CCCc1ccccc1. The number of rotatable bonds is 7. The molecule has 0 aromatic heterocycles. The van der Waals surface area contributed by atoms with Crippen molar-refractivity contribution in [3.63, 3.8) is 0 Å². The normalized spacial score (nSPS) is 10.9. The smallest absolute Gasteiger partial charge is 0.277 e. The Bertz CT molecular complexity index is 860. The quantitative estimate of drug-likeness (QED) is 0.526. The molecule has 0 saturated carbocycles. The molecule has 0 heterocycles. The molecule has 0 aliphatic carbocycles. The lowest BCUT2D eigenvalue weighted by Crippen LogP contribution is -2.24. The average molecular weight is 332 g/mol. The second-order valence-electron chi connectivity index (χ2n) is 5.67. The molecule has 3 rings (SSSR count). The van der Waals surface area contributed by atoms with E-state index in [0.717, 1.165) is 23.6 Å². The van der Waals surface area contributed by atoms with E-state index >= 15 is 0 Å². The summed E-state index contributed by atoms with van der Waals surface area (Å²) in [4.78, 5) is 11.8. The fraction of sp³-hybridized carbons (Fsp3) is 0.143. The monoisotopic (exact) mass is 332 g/mol. The van der Waals surface area contributed by atoms with E-state index in [2.05, 4.69) is 22.7 Å². The van der Waals surface area contributed by atoms with Gasteiger partial charge in [-0.25, -0.2) is 5.43 Å². The number of hydrogen-bond donors (Lipinski definition) is 1. The summed E-state index contributed by atoms with van der Waals surface area (Å²) in [6, 6.07) is 23.9. The summed E-state index contributed by atoms with van der Waals surface area (Å²) >= 11 is 0. The Labute approximate surface area is 147 Å². The standard InChI is InChI=1S/C21H20N2O2/c24-21(23-22-14-6-9-17-7-2-1-3-8-17)16-25-20-13-12-18-10-4-5-11-19(18)15-20/h1-5,7-8,10-15H,6,9,16H2,(H,23,24). The number of nitrogens with zero attached hydrogens (tertiary/aromatic N) is 1. The molecule has 0 aliphatic rings. The minimum absolute atomic E-state index is 0.0611. The van der Waals surface area contributed by atoms with Crippen molar-refractivity contribution in [2.24, 2.45) is 5.10 Å². The molecule has 3 aromatic carbocycles. The largest absolute Gasteiger partial charge is 0.484 e. The zero-order valence-corrected chi connectivity index (χ0v) is 13.9. The summed E-state index contributed by atoms with van der Waals surface area (Å²) in [7, 11) is 0. The van der Waals surface area contributed by atoms with Crippen molar-refractivity contribution in [3.05, 3.63) is 78.4 Å². The Balaban J connectivity index is 1.40. The summed E-state index contributed by atoms with van der Waals surface area (Å²) in [5.74, 6) is 0.394. The topological polar surface area (TPSA) is 50.7 Å². The van der Waals surface area contributed by atoms with Crippen molar-refractivity contribution >= 4 is 22.9 Å². The minimum atomic E-state index is -0.274. The predicted octanol–water partition coefficient (Wildman–Crippen LogP) is 3.95. The molecule has 0 spiro atoms. The molecule has 0 aliphatic heterocycles. The minimum Gasteiger partial charge on any atom is -0.484 e. The highest BCUT2D eigenvalue weighted by molar-refractivity contribution is 5.84. The fourth-order valence-electron chi connectivity index (χ4n) is 2.50. The van der Waals surface area contributed by atoms with E-state index in [1.165, 1.54) is 5.56 Å². The predicted molar refractivity (Wildman–Crippen MR) is 101 cm³/mol. The Morgan fingerprint density at radius 3 is 2.56 bits per heavy atom. The van der Waals surface area contributed by atoms with Crippen molar-refractivity contribution in [2.45, 2.75) is 12.8 Å². The summed E-state index contributed by atoms with van der Waals surface area (Å²) in [6.07, 6.45) is 3.38. The number of hydrazone groups is 1. The number of carbonyl (C=O) groups is 1. The van der Waals surface area contributed by atoms with Gasteiger partial charge in [0.15, 0.2) is 6.61 Å². The molecule has 0 saturated heterocycles. The first kappa shape index (κ1) is 16.7. The molecule has 1 amide bonds. The summed E-state index contributed by atoms with van der Waals surface area (Å²) in [6.45, 7) is -0.0611. The number of hydrogen-bond acceptors (Lipinski definition) is 3. The van der Waals surface area contributed by atoms with E-state index < -0.39 is 0 Å². The van der Waals surface area contributed by atoms with Crippen LogP contribution in [-0.4, -0.2) is 18.7 Å². The lowest BCUT2D eigenvalue weighted by molar-refractivity contribution is -0.123. The highest BCUT2D eigenvalue weighted by atomic mass is 16.5. The Morgan fingerprint density at radius 1 is 0.960 bits per heavy atom. The third-order valence-corrected chi connectivity index (χ3v) is 3.78. The molecule has 0 radical (unpaired) electrons. The average Bonchev–Trinajstić information content (AvgIpc) is 2.67. The van der Waals surface area contributed by atoms with Crippen molar-refractivity contribution < 1.29 is 9.53 Å². The number of carbonyl (C=O) groups excluding carboxylic acids is 1. The van der Waals surface area contributed by atoms with Gasteiger partial charge in [0.05, 0.1) is 0 Å². The number of ether oxygens (including phenoxy) is 1. The van der Waals surface area contributed by atoms with Crippen LogP contribution in [0.15, 0.2) is 77.9 Å². The summed E-state index contributed by atoms with van der Waals surface area (Å²) < 4.78 is 5.52. The van der Waals surface area contributed by atoms with Crippen LogP contribution in [0.1, 0.15) is 12.0 Å². The Kier molecular flexibility index (Phi) is 5.77. The Morgan fingerprint density at radius 2 is 1.72 bits per heavy atom. The maximum absolute atomic E-state index is 11.8. The first-order chi connectivity index (χ1) is 12.3. The molecular formula is C21H20N2O2. The molecule has 4 nitrogen and oxygen atoms in total. The van der Waals surface area contributed by atoms with Gasteiger partial charge in [0, 0.05) is 6.21 Å². The lowest BCUT2D eigenvalue weighted by atomic mass is 10.1. The molecule has 25 heavy (non-hydrogen) atoms. The molecular weight excluding hydrogens is 312 g/mol. The third kappa shape index (κ3) is 5.18. The van der Waals surface area contributed by atoms with Crippen LogP contribution in [0.3, 0.4) is 0 Å². The van der Waals surface area contributed by atoms with Gasteiger partial charge in [0.1, 0.15) is 5.75 Å². The van der Waals surface area contributed by atoms with Gasteiger partial charge in [0.25, 0.3) is 5.91 Å². The van der Waals surface area contributed by atoms with Crippen LogP contribution in [0, 0.1) is 0 Å². The summed E-state index contributed by atoms with van der Waals surface area (Å²) in [5, 5.41) is 6.17. The van der Waals surface area contributed by atoms with E-state index in [0.29, 0.717) is 5.75 Å². The van der Waals surface area contributed by atoms with Crippen LogP contribution in [0.4, 0.5) is 0 Å². The van der Waals surface area contributed by atoms with Gasteiger partial charge in [-0.15, -0.1) is 0 Å². The van der Waals surface area contributed by atoms with Crippen LogP contribution in [0.2, 0.25) is 0 Å². The number of aryl methyl sites for hydroxylation is 1. The van der Waals surface area contributed by atoms with Crippen LogP contribution < -0.4 is 10.2 Å². The molecule has 0 fully saturated rings. The highest BCUT2D eigenvalue weighted by Gasteiger charge is 2.02. The molecule has 0 atom stereocenters. The van der Waals surface area contributed by atoms with Gasteiger partial charge in [-0.05, 0) is 41.3 Å². The molecule has 3 aromatic rings. The van der Waals surface area contributed by atoms with Gasteiger partial charge < -0.3 is 4.74 Å². The van der Waals surface area contributed by atoms with Gasteiger partial charge in [0.2, 0.25) is 0 Å². The first-order valence-electron chi connectivity index (χ1n) is 8.27. The van der Waals surface area contributed by atoms with E-state index in [1.807, 2.05) is 60.7 Å². The zero-order chi connectivity index (χ0) is 17.3. The van der Waals surface area contributed by atoms with E-state index in [9.17, 15) is 4.79 Å². The van der Waals surface area contributed by atoms with Gasteiger partial charge in [-0.2, -0.15) is 5.10 Å². The van der Waals surface area contributed by atoms with Crippen molar-refractivity contribution in [3.8, 4) is 5.75 Å². The van der Waals surface area contributed by atoms with E-state index in [1.54, 1.807) is 6.21 Å². The summed E-state index contributed by atoms with van der Waals surface area (Å²) in [5.41, 5.74) is 3.73. The maximum atomic E-state index is 11.8. The van der Waals surface area contributed by atoms with Crippen LogP contribution in [-0.2, 0) is 11.2 Å². The zero-order valence-electron chi connectivity index (χ0n) is 13.9. The number of nitrogens with one attached hydrogen (secondary N) is 1. The maximum Gasteiger partial charge on any atom is 0.277 e. The number of amides is 1. The second kappa shape index (κ2) is 8.64. The van der Waals surface area contributed by atoms with Crippen molar-refractivity contribution in [2.75, 3.05) is 6.61 Å². The lowest BCUT2D eigenvalue weighted by Gasteiger charge is -2.06. The fourth-order valence-corrected chi connectivity index (χ4v) is 2.50. The third-order valence-electron chi connectivity index (χ3n) is 3.78. The molecule has 0 bridgehead atoms. The van der Waals surface area contributed by atoms with Gasteiger partial charge in [-0.3, -0.25) is 4.79 Å². The van der Waals surface area contributed by atoms with E-state index in [-0.39, 0.29) is 12.5 Å². The van der Waals surface area contributed by atoms with Crippen LogP contribution >= 0.6 is 0 Å².